The summed E-state index contributed by atoms with van der Waals surface area (Å²) in [5.74, 6) is 0.926. The van der Waals surface area contributed by atoms with Gasteiger partial charge in [-0.05, 0) is 12.8 Å². The van der Waals surface area contributed by atoms with Crippen LogP contribution in [0.3, 0.4) is 0 Å². The first kappa shape index (κ1) is 7.64. The van der Waals surface area contributed by atoms with Crippen molar-refractivity contribution >= 4 is 0 Å². The lowest BCUT2D eigenvalue weighted by atomic mass is 9.95. The molecule has 1 nitrogen and oxygen atoms in total. The van der Waals surface area contributed by atoms with Gasteiger partial charge in [-0.2, -0.15) is 0 Å². The van der Waals surface area contributed by atoms with Crippen LogP contribution in [0.4, 0.5) is 0 Å². The lowest BCUT2D eigenvalue weighted by Gasteiger charge is -2.21. The summed E-state index contributed by atoms with van der Waals surface area (Å²) in [5, 5.41) is 0. The highest BCUT2D eigenvalue weighted by molar-refractivity contribution is 4.98. The molecule has 0 aromatic rings. The molecule has 0 aromatic heterocycles. The number of hydrogen-bond donors (Lipinski definition) is 0. The molecule has 1 rings (SSSR count). The third-order valence-electron chi connectivity index (χ3n) is 1.67. The minimum Gasteiger partial charge on any atom is -0.495 e. The lowest BCUT2D eigenvalue weighted by Crippen LogP contribution is -2.11. The first-order valence-electron chi connectivity index (χ1n) is 3.86. The van der Waals surface area contributed by atoms with Crippen LogP contribution in [-0.4, -0.2) is 6.10 Å². The first-order chi connectivity index (χ1) is 4.50. The smallest absolute Gasteiger partial charge is 0.0985 e. The Bertz CT molecular complexity index is 137. The molecular weight excluding hydrogens is 124 g/mol. The highest BCUT2D eigenvalue weighted by Crippen LogP contribution is 2.32. The molecule has 0 unspecified atom stereocenters. The van der Waals surface area contributed by atoms with Crippen molar-refractivity contribution < 1.29 is 4.74 Å². The summed E-state index contributed by atoms with van der Waals surface area (Å²) < 4.78 is 5.53. The van der Waals surface area contributed by atoms with Gasteiger partial charge in [-0.15, -0.1) is 0 Å². The Balaban J connectivity index is 2.32. The Morgan fingerprint density at radius 1 is 1.40 bits per heavy atom. The highest BCUT2D eigenvalue weighted by Gasteiger charge is 2.27. The number of rotatable bonds is 2. The number of ether oxygens (including phenoxy) is 1. The van der Waals surface area contributed by atoms with Crippen molar-refractivity contribution in [2.45, 2.75) is 39.7 Å². The molecule has 0 spiro atoms. The van der Waals surface area contributed by atoms with Gasteiger partial charge in [-0.3, -0.25) is 0 Å². The maximum atomic E-state index is 5.53. The normalized spacial score (nSPS) is 18.7. The third kappa shape index (κ3) is 2.05. The van der Waals surface area contributed by atoms with Crippen molar-refractivity contribution in [2.24, 2.45) is 5.41 Å². The number of allylic oxidation sites excluding steroid dienone is 1. The van der Waals surface area contributed by atoms with Gasteiger partial charge in [-0.1, -0.05) is 27.4 Å². The second-order valence-corrected chi connectivity index (χ2v) is 3.99. The highest BCUT2D eigenvalue weighted by atomic mass is 16.5. The van der Waals surface area contributed by atoms with Crippen molar-refractivity contribution in [3.63, 3.8) is 0 Å². The van der Waals surface area contributed by atoms with E-state index in [0.29, 0.717) is 6.10 Å². The average Bonchev–Trinajstić information content (AvgIpc) is 2.47. The van der Waals surface area contributed by atoms with E-state index in [0.717, 1.165) is 5.76 Å². The summed E-state index contributed by atoms with van der Waals surface area (Å²) in [6.45, 7) is 10.3. The van der Waals surface area contributed by atoms with Gasteiger partial charge in [-0.25, -0.2) is 0 Å². The molecule has 1 fully saturated rings. The number of hydrogen-bond acceptors (Lipinski definition) is 1. The van der Waals surface area contributed by atoms with E-state index in [2.05, 4.69) is 27.4 Å². The molecule has 0 bridgehead atoms. The second kappa shape index (κ2) is 2.30. The molecule has 0 saturated heterocycles. The van der Waals surface area contributed by atoms with Crippen molar-refractivity contribution in [3.8, 4) is 0 Å². The average molecular weight is 140 g/mol. The van der Waals surface area contributed by atoms with Crippen LogP contribution in [0.25, 0.3) is 0 Å². The molecule has 1 saturated carbocycles. The summed E-state index contributed by atoms with van der Waals surface area (Å²) in [7, 11) is 0. The molecule has 0 aromatic carbocycles. The standard InChI is InChI=1S/C9H16O/c1-7(9(2,3)4)10-8-5-6-8/h8H,1,5-6H2,2-4H3. The summed E-state index contributed by atoms with van der Waals surface area (Å²) >= 11 is 0. The van der Waals surface area contributed by atoms with Crippen molar-refractivity contribution in [1.82, 2.24) is 0 Å². The molecule has 0 aliphatic heterocycles. The predicted octanol–water partition coefficient (Wildman–Crippen LogP) is 2.73. The van der Waals surface area contributed by atoms with Gasteiger partial charge in [0, 0.05) is 5.41 Å². The van der Waals surface area contributed by atoms with Gasteiger partial charge >= 0.3 is 0 Å². The van der Waals surface area contributed by atoms with Crippen LogP contribution in [0.1, 0.15) is 33.6 Å². The van der Waals surface area contributed by atoms with Gasteiger partial charge in [0.2, 0.25) is 0 Å². The molecule has 1 heteroatoms. The van der Waals surface area contributed by atoms with Crippen molar-refractivity contribution in [3.05, 3.63) is 12.3 Å². The molecule has 1 aliphatic carbocycles. The molecule has 0 radical (unpaired) electrons. The quantitative estimate of drug-likeness (QED) is 0.536. The van der Waals surface area contributed by atoms with E-state index in [9.17, 15) is 0 Å². The first-order valence-corrected chi connectivity index (χ1v) is 3.86. The van der Waals surface area contributed by atoms with Crippen molar-refractivity contribution in [1.29, 1.82) is 0 Å². The fourth-order valence-electron chi connectivity index (χ4n) is 0.564. The van der Waals surface area contributed by atoms with Crippen LogP contribution >= 0.6 is 0 Å². The van der Waals surface area contributed by atoms with Gasteiger partial charge < -0.3 is 4.74 Å². The van der Waals surface area contributed by atoms with E-state index in [1.54, 1.807) is 0 Å². The SMILES string of the molecule is C=C(OC1CC1)C(C)(C)C. The Morgan fingerprint density at radius 3 is 2.20 bits per heavy atom. The predicted molar refractivity (Wildman–Crippen MR) is 42.7 cm³/mol. The van der Waals surface area contributed by atoms with Gasteiger partial charge in [0.05, 0.1) is 11.9 Å². The zero-order valence-corrected chi connectivity index (χ0v) is 7.11. The second-order valence-electron chi connectivity index (χ2n) is 3.99. The van der Waals surface area contributed by atoms with Gasteiger partial charge in [0.1, 0.15) is 0 Å². The topological polar surface area (TPSA) is 9.23 Å². The molecule has 0 heterocycles. The maximum absolute atomic E-state index is 5.53. The Kier molecular flexibility index (Phi) is 1.76. The molecular formula is C9H16O. The van der Waals surface area contributed by atoms with Crippen LogP contribution in [0.2, 0.25) is 0 Å². The van der Waals surface area contributed by atoms with Crippen LogP contribution < -0.4 is 0 Å². The molecule has 0 amide bonds. The largest absolute Gasteiger partial charge is 0.495 e. The van der Waals surface area contributed by atoms with Crippen LogP contribution in [0.15, 0.2) is 12.3 Å². The van der Waals surface area contributed by atoms with Gasteiger partial charge in [0.25, 0.3) is 0 Å². The van der Waals surface area contributed by atoms with Gasteiger partial charge in [0.15, 0.2) is 0 Å². The monoisotopic (exact) mass is 140 g/mol. The fourth-order valence-corrected chi connectivity index (χ4v) is 0.564. The molecule has 58 valence electrons. The van der Waals surface area contributed by atoms with E-state index in [1.807, 2.05) is 0 Å². The zero-order chi connectivity index (χ0) is 7.78. The van der Waals surface area contributed by atoms with E-state index < -0.39 is 0 Å². The third-order valence-corrected chi connectivity index (χ3v) is 1.67. The molecule has 0 N–H and O–H groups in total. The van der Waals surface area contributed by atoms with E-state index in [-0.39, 0.29) is 5.41 Å². The minimum absolute atomic E-state index is 0.114. The fraction of sp³-hybridized carbons (Fsp3) is 0.778. The van der Waals surface area contributed by atoms with Crippen LogP contribution in [0.5, 0.6) is 0 Å². The van der Waals surface area contributed by atoms with Crippen molar-refractivity contribution in [2.75, 3.05) is 0 Å². The Morgan fingerprint density at radius 2 is 1.90 bits per heavy atom. The minimum atomic E-state index is 0.114. The van der Waals surface area contributed by atoms with E-state index in [1.165, 1.54) is 12.8 Å². The Hall–Kier alpha value is -0.460. The zero-order valence-electron chi connectivity index (χ0n) is 7.11. The summed E-state index contributed by atoms with van der Waals surface area (Å²) in [4.78, 5) is 0. The maximum Gasteiger partial charge on any atom is 0.0985 e. The molecule has 1 aliphatic rings. The molecule has 10 heavy (non-hydrogen) atoms. The van der Waals surface area contributed by atoms with Crippen LogP contribution in [-0.2, 0) is 4.74 Å². The molecule has 0 atom stereocenters. The van der Waals surface area contributed by atoms with Crippen LogP contribution in [0, 0.1) is 5.41 Å². The lowest BCUT2D eigenvalue weighted by molar-refractivity contribution is 0.140. The van der Waals surface area contributed by atoms with E-state index >= 15 is 0 Å². The summed E-state index contributed by atoms with van der Waals surface area (Å²) in [6, 6.07) is 0. The Labute approximate surface area is 63.1 Å². The summed E-state index contributed by atoms with van der Waals surface area (Å²) in [6.07, 6.45) is 2.93. The summed E-state index contributed by atoms with van der Waals surface area (Å²) in [5.41, 5.74) is 0.114. The van der Waals surface area contributed by atoms with E-state index in [4.69, 9.17) is 4.74 Å².